The molecule has 108 valence electrons. The number of esters is 1. The van der Waals surface area contributed by atoms with Gasteiger partial charge in [-0.15, -0.1) is 0 Å². The molecule has 0 unspecified atom stereocenters. The highest BCUT2D eigenvalue weighted by Gasteiger charge is 2.48. The van der Waals surface area contributed by atoms with Crippen LogP contribution in [0.2, 0.25) is 0 Å². The first-order valence-electron chi connectivity index (χ1n) is 7.43. The van der Waals surface area contributed by atoms with E-state index in [9.17, 15) is 9.90 Å². The van der Waals surface area contributed by atoms with Crippen LogP contribution in [0.3, 0.4) is 0 Å². The zero-order valence-electron chi connectivity index (χ0n) is 11.5. The van der Waals surface area contributed by atoms with Gasteiger partial charge in [0.2, 0.25) is 5.79 Å². The van der Waals surface area contributed by atoms with E-state index in [2.05, 4.69) is 5.32 Å². The van der Waals surface area contributed by atoms with Gasteiger partial charge in [-0.1, -0.05) is 31.0 Å². The number of nitrogens with one attached hydrogen (secondary N) is 1. The molecule has 1 aliphatic carbocycles. The number of hydrogen-bond donors (Lipinski definition) is 2. The van der Waals surface area contributed by atoms with Crippen LogP contribution in [0.5, 0.6) is 0 Å². The Morgan fingerprint density at radius 2 is 2.00 bits per heavy atom. The molecule has 1 heterocycles. The van der Waals surface area contributed by atoms with Gasteiger partial charge in [-0.3, -0.25) is 0 Å². The van der Waals surface area contributed by atoms with Crippen molar-refractivity contribution in [3.8, 4) is 0 Å². The molecule has 3 atom stereocenters. The summed E-state index contributed by atoms with van der Waals surface area (Å²) in [5.41, 5.74) is 0.492. The number of rotatable bonds is 2. The summed E-state index contributed by atoms with van der Waals surface area (Å²) in [6, 6.07) is 9.15. The zero-order chi connectivity index (χ0) is 14.0. The second kappa shape index (κ2) is 5.54. The van der Waals surface area contributed by atoms with E-state index in [1.807, 2.05) is 6.07 Å². The SMILES string of the molecule is O=C(O[C@]1(O)CCN[C@@H]2CCCC[C@@H]21)c1ccccc1. The van der Waals surface area contributed by atoms with Crippen molar-refractivity contribution < 1.29 is 14.6 Å². The summed E-state index contributed by atoms with van der Waals surface area (Å²) >= 11 is 0. The smallest absolute Gasteiger partial charge is 0.340 e. The normalized spacial score (nSPS) is 33.2. The molecular formula is C16H21NO3. The Morgan fingerprint density at radius 1 is 1.25 bits per heavy atom. The first-order chi connectivity index (χ1) is 9.69. The lowest BCUT2D eigenvalue weighted by Gasteiger charge is -2.46. The average Bonchev–Trinajstić information content (AvgIpc) is 2.48. The van der Waals surface area contributed by atoms with Crippen molar-refractivity contribution in [2.45, 2.75) is 43.9 Å². The average molecular weight is 275 g/mol. The fraction of sp³-hybridized carbons (Fsp3) is 0.562. The highest BCUT2D eigenvalue weighted by Crippen LogP contribution is 2.38. The first-order valence-corrected chi connectivity index (χ1v) is 7.43. The molecule has 2 N–H and O–H groups in total. The summed E-state index contributed by atoms with van der Waals surface area (Å²) in [6.45, 7) is 0.694. The predicted octanol–water partition coefficient (Wildman–Crippen LogP) is 2.08. The number of carbonyl (C=O) groups excluding carboxylic acids is 1. The Kier molecular flexibility index (Phi) is 3.76. The molecule has 1 aliphatic heterocycles. The molecule has 0 radical (unpaired) electrons. The van der Waals surface area contributed by atoms with E-state index >= 15 is 0 Å². The topological polar surface area (TPSA) is 58.6 Å². The number of piperidine rings is 1. The third-order valence-electron chi connectivity index (χ3n) is 4.51. The minimum atomic E-state index is -1.32. The lowest BCUT2D eigenvalue weighted by Crippen LogP contribution is -2.59. The van der Waals surface area contributed by atoms with Gasteiger partial charge in [0.1, 0.15) is 0 Å². The van der Waals surface area contributed by atoms with Gasteiger partial charge in [0.15, 0.2) is 0 Å². The van der Waals surface area contributed by atoms with E-state index < -0.39 is 11.8 Å². The molecule has 0 spiro atoms. The second-order valence-electron chi connectivity index (χ2n) is 5.80. The van der Waals surface area contributed by atoms with E-state index in [-0.39, 0.29) is 12.0 Å². The Balaban J connectivity index is 1.75. The lowest BCUT2D eigenvalue weighted by molar-refractivity contribution is -0.227. The third kappa shape index (κ3) is 2.58. The van der Waals surface area contributed by atoms with Crippen LogP contribution in [-0.2, 0) is 4.74 Å². The summed E-state index contributed by atoms with van der Waals surface area (Å²) < 4.78 is 5.51. The summed E-state index contributed by atoms with van der Waals surface area (Å²) in [6.07, 6.45) is 4.70. The van der Waals surface area contributed by atoms with Gasteiger partial charge < -0.3 is 15.2 Å². The Hall–Kier alpha value is -1.39. The van der Waals surface area contributed by atoms with Crippen LogP contribution in [0, 0.1) is 5.92 Å². The molecule has 0 amide bonds. The van der Waals surface area contributed by atoms with E-state index in [4.69, 9.17) is 4.74 Å². The largest absolute Gasteiger partial charge is 0.429 e. The number of hydrogen-bond acceptors (Lipinski definition) is 4. The fourth-order valence-electron chi connectivity index (χ4n) is 3.46. The van der Waals surface area contributed by atoms with E-state index in [1.165, 1.54) is 6.42 Å². The minimum Gasteiger partial charge on any atom is -0.429 e. The molecule has 1 aromatic rings. The van der Waals surface area contributed by atoms with Crippen molar-refractivity contribution in [1.29, 1.82) is 0 Å². The highest BCUT2D eigenvalue weighted by atomic mass is 16.7. The van der Waals surface area contributed by atoms with E-state index in [0.29, 0.717) is 18.5 Å². The zero-order valence-corrected chi connectivity index (χ0v) is 11.5. The number of fused-ring (bicyclic) bond motifs is 1. The molecule has 2 fully saturated rings. The van der Waals surface area contributed by atoms with Crippen LogP contribution < -0.4 is 5.32 Å². The molecule has 1 aromatic carbocycles. The third-order valence-corrected chi connectivity index (χ3v) is 4.51. The Bertz CT molecular complexity index is 474. The van der Waals surface area contributed by atoms with Crippen molar-refractivity contribution in [2.24, 2.45) is 5.92 Å². The number of benzene rings is 1. The van der Waals surface area contributed by atoms with Crippen LogP contribution in [0.25, 0.3) is 0 Å². The quantitative estimate of drug-likeness (QED) is 0.641. The number of aliphatic hydroxyl groups is 1. The Morgan fingerprint density at radius 3 is 2.80 bits per heavy atom. The van der Waals surface area contributed by atoms with Crippen molar-refractivity contribution in [3.05, 3.63) is 35.9 Å². The first kappa shape index (κ1) is 13.6. The summed E-state index contributed by atoms with van der Waals surface area (Å²) in [7, 11) is 0. The fourth-order valence-corrected chi connectivity index (χ4v) is 3.46. The van der Waals surface area contributed by atoms with Crippen molar-refractivity contribution in [2.75, 3.05) is 6.54 Å². The van der Waals surface area contributed by atoms with Crippen molar-refractivity contribution in [1.82, 2.24) is 5.32 Å². The van der Waals surface area contributed by atoms with Gasteiger partial charge in [0.25, 0.3) is 0 Å². The van der Waals surface area contributed by atoms with Gasteiger partial charge in [-0.05, 0) is 25.0 Å². The molecule has 0 aromatic heterocycles. The summed E-state index contributed by atoms with van der Waals surface area (Å²) in [4.78, 5) is 12.2. The lowest BCUT2D eigenvalue weighted by atomic mass is 9.75. The summed E-state index contributed by atoms with van der Waals surface area (Å²) in [5, 5.41) is 14.3. The molecule has 1 saturated heterocycles. The van der Waals surface area contributed by atoms with Gasteiger partial charge in [0, 0.05) is 24.9 Å². The number of ether oxygens (including phenoxy) is 1. The van der Waals surface area contributed by atoms with Crippen LogP contribution in [0.4, 0.5) is 0 Å². The molecule has 0 bridgehead atoms. The minimum absolute atomic E-state index is 0.0117. The van der Waals surface area contributed by atoms with Crippen LogP contribution in [0.1, 0.15) is 42.5 Å². The molecule has 20 heavy (non-hydrogen) atoms. The van der Waals surface area contributed by atoms with Crippen molar-refractivity contribution in [3.63, 3.8) is 0 Å². The molecular weight excluding hydrogens is 254 g/mol. The Labute approximate surface area is 119 Å². The molecule has 3 rings (SSSR count). The van der Waals surface area contributed by atoms with Gasteiger partial charge in [-0.2, -0.15) is 0 Å². The maximum atomic E-state index is 12.2. The van der Waals surface area contributed by atoms with E-state index in [0.717, 1.165) is 19.3 Å². The number of carbonyl (C=O) groups is 1. The predicted molar refractivity (Wildman–Crippen MR) is 75.2 cm³/mol. The molecule has 2 aliphatic rings. The van der Waals surface area contributed by atoms with Crippen LogP contribution in [-0.4, -0.2) is 29.4 Å². The monoisotopic (exact) mass is 275 g/mol. The second-order valence-corrected chi connectivity index (χ2v) is 5.80. The molecule has 4 nitrogen and oxygen atoms in total. The van der Waals surface area contributed by atoms with Gasteiger partial charge >= 0.3 is 5.97 Å². The maximum Gasteiger partial charge on any atom is 0.340 e. The van der Waals surface area contributed by atoms with Gasteiger partial charge in [0.05, 0.1) is 5.56 Å². The van der Waals surface area contributed by atoms with Gasteiger partial charge in [-0.25, -0.2) is 4.79 Å². The van der Waals surface area contributed by atoms with Crippen LogP contribution >= 0.6 is 0 Å². The highest BCUT2D eigenvalue weighted by molar-refractivity contribution is 5.89. The summed E-state index contributed by atoms with van der Waals surface area (Å²) in [5.74, 6) is -1.74. The standard InChI is InChI=1S/C16H21NO3/c18-15(12-6-2-1-3-7-12)20-16(19)10-11-17-14-9-5-4-8-13(14)16/h1-3,6-7,13-14,17,19H,4-5,8-11H2/t13-,14+,16+/m0/s1. The molecule has 4 heteroatoms. The maximum absolute atomic E-state index is 12.2. The van der Waals surface area contributed by atoms with Crippen LogP contribution in [0.15, 0.2) is 30.3 Å². The van der Waals surface area contributed by atoms with E-state index in [1.54, 1.807) is 24.3 Å². The molecule has 1 saturated carbocycles. The van der Waals surface area contributed by atoms with Crippen molar-refractivity contribution >= 4 is 5.97 Å².